The fourth-order valence-corrected chi connectivity index (χ4v) is 5.40. The fourth-order valence-electron chi connectivity index (χ4n) is 5.16. The number of imidazole rings is 1. The Morgan fingerprint density at radius 3 is 2.97 bits per heavy atom. The molecule has 5 aromatic rings. The van der Waals surface area contributed by atoms with E-state index in [4.69, 9.17) is 26.1 Å². The van der Waals surface area contributed by atoms with Crippen LogP contribution in [-0.2, 0) is 4.74 Å². The molecule has 2 saturated heterocycles. The lowest BCUT2D eigenvalue weighted by atomic mass is 9.96. The van der Waals surface area contributed by atoms with Gasteiger partial charge in [-0.25, -0.2) is 14.6 Å². The van der Waals surface area contributed by atoms with Crippen LogP contribution < -0.4 is 10.1 Å². The standard InChI is InChI=1S/C26H24ClN7O2/c1-14-30-18-6-5-17(9-21(18)31-14)36-23-8-7-19-25(24(23)27)33-22(11-28-19)15-10-29-34(12-15)26-20-4-2-3-16(32-20)13-35-26/h5-12,16,20,26,32H,2-4,13H2,1H3,(H,30,31). The van der Waals surface area contributed by atoms with E-state index in [-0.39, 0.29) is 12.3 Å². The molecule has 36 heavy (non-hydrogen) atoms. The van der Waals surface area contributed by atoms with Gasteiger partial charge in [0.05, 0.1) is 47.3 Å². The van der Waals surface area contributed by atoms with Crippen LogP contribution in [0, 0.1) is 6.92 Å². The molecule has 9 nitrogen and oxygen atoms in total. The molecule has 3 unspecified atom stereocenters. The molecular formula is C26H24ClN7O2. The molecular weight excluding hydrogens is 478 g/mol. The van der Waals surface area contributed by atoms with E-state index in [0.717, 1.165) is 28.8 Å². The summed E-state index contributed by atoms with van der Waals surface area (Å²) in [6, 6.07) is 10.1. The highest BCUT2D eigenvalue weighted by atomic mass is 35.5. The largest absolute Gasteiger partial charge is 0.456 e. The SMILES string of the molecule is Cc1nc2ccc(Oc3ccc4ncc(-c5cnn(C6OCC7CCCC6N7)c5)nc4c3Cl)cc2[nH]1. The minimum absolute atomic E-state index is 0.122. The monoisotopic (exact) mass is 501 g/mol. The summed E-state index contributed by atoms with van der Waals surface area (Å²) in [6.45, 7) is 2.63. The normalized spacial score (nSPS) is 21.8. The quantitative estimate of drug-likeness (QED) is 0.350. The summed E-state index contributed by atoms with van der Waals surface area (Å²) in [5, 5.41) is 8.66. The van der Waals surface area contributed by atoms with Crippen molar-refractivity contribution in [3.05, 3.63) is 59.8 Å². The smallest absolute Gasteiger partial charge is 0.165 e. The number of H-pyrrole nitrogens is 1. The lowest BCUT2D eigenvalue weighted by Gasteiger charge is -2.41. The predicted molar refractivity (Wildman–Crippen MR) is 136 cm³/mol. The Morgan fingerprint density at radius 1 is 1.11 bits per heavy atom. The number of benzene rings is 2. The average molecular weight is 502 g/mol. The first-order chi connectivity index (χ1) is 17.6. The number of ether oxygens (including phenoxy) is 2. The Bertz CT molecular complexity index is 1600. The molecule has 2 fully saturated rings. The highest BCUT2D eigenvalue weighted by Gasteiger charge is 2.35. The van der Waals surface area contributed by atoms with Crippen LogP contribution in [0.5, 0.6) is 11.5 Å². The number of aromatic nitrogens is 6. The third-order valence-electron chi connectivity index (χ3n) is 6.91. The van der Waals surface area contributed by atoms with Gasteiger partial charge in [-0.3, -0.25) is 4.98 Å². The zero-order valence-electron chi connectivity index (χ0n) is 19.6. The van der Waals surface area contributed by atoms with E-state index in [9.17, 15) is 0 Å². The van der Waals surface area contributed by atoms with Gasteiger partial charge in [0.15, 0.2) is 6.23 Å². The van der Waals surface area contributed by atoms with Gasteiger partial charge in [-0.2, -0.15) is 5.10 Å². The second kappa shape index (κ2) is 8.55. The van der Waals surface area contributed by atoms with E-state index in [1.165, 1.54) is 12.8 Å². The number of nitrogens with one attached hydrogen (secondary N) is 2. The van der Waals surface area contributed by atoms with Crippen molar-refractivity contribution in [1.29, 1.82) is 0 Å². The summed E-state index contributed by atoms with van der Waals surface area (Å²) in [5.74, 6) is 2.02. The van der Waals surface area contributed by atoms with E-state index in [1.807, 2.05) is 48.1 Å². The second-order valence-electron chi connectivity index (χ2n) is 9.44. The molecule has 0 saturated carbocycles. The molecule has 0 radical (unpaired) electrons. The van der Waals surface area contributed by atoms with Gasteiger partial charge in [0, 0.05) is 23.9 Å². The van der Waals surface area contributed by atoms with Crippen LogP contribution in [0.2, 0.25) is 5.02 Å². The number of hydrogen-bond acceptors (Lipinski definition) is 7. The summed E-state index contributed by atoms with van der Waals surface area (Å²) in [5.41, 5.74) is 4.60. The maximum atomic E-state index is 6.76. The van der Waals surface area contributed by atoms with Crippen LogP contribution in [-0.4, -0.2) is 48.4 Å². The van der Waals surface area contributed by atoms with Gasteiger partial charge in [-0.15, -0.1) is 0 Å². The third kappa shape index (κ3) is 3.80. The number of aromatic amines is 1. The molecule has 3 atom stereocenters. The van der Waals surface area contributed by atoms with Crippen molar-refractivity contribution in [1.82, 2.24) is 35.0 Å². The van der Waals surface area contributed by atoms with Crippen molar-refractivity contribution in [3.8, 4) is 22.8 Å². The number of fused-ring (bicyclic) bond motifs is 4. The number of aryl methyl sites for hydroxylation is 1. The number of rotatable bonds is 4. The molecule has 2 N–H and O–H groups in total. The minimum Gasteiger partial charge on any atom is -0.456 e. The Labute approximate surface area is 211 Å². The van der Waals surface area contributed by atoms with Crippen molar-refractivity contribution in [3.63, 3.8) is 0 Å². The van der Waals surface area contributed by atoms with Gasteiger partial charge < -0.3 is 19.8 Å². The molecule has 0 amide bonds. The van der Waals surface area contributed by atoms with Crippen LogP contribution in [0.25, 0.3) is 33.3 Å². The van der Waals surface area contributed by atoms with Gasteiger partial charge in [0.1, 0.15) is 27.9 Å². The topological polar surface area (TPSA) is 103 Å². The Balaban J connectivity index is 1.18. The summed E-state index contributed by atoms with van der Waals surface area (Å²) in [4.78, 5) is 17.1. The van der Waals surface area contributed by atoms with Gasteiger partial charge >= 0.3 is 0 Å². The first kappa shape index (κ1) is 21.7. The van der Waals surface area contributed by atoms with Crippen LogP contribution in [0.1, 0.15) is 31.3 Å². The van der Waals surface area contributed by atoms with Gasteiger partial charge in [0.2, 0.25) is 0 Å². The highest BCUT2D eigenvalue weighted by molar-refractivity contribution is 6.36. The number of hydrogen-bond donors (Lipinski definition) is 2. The van der Waals surface area contributed by atoms with Gasteiger partial charge in [-0.1, -0.05) is 18.0 Å². The predicted octanol–water partition coefficient (Wildman–Crippen LogP) is 5.16. The molecule has 2 bridgehead atoms. The Kier molecular flexibility index (Phi) is 5.16. The molecule has 5 heterocycles. The number of nitrogens with zero attached hydrogens (tertiary/aromatic N) is 5. The lowest BCUT2D eigenvalue weighted by molar-refractivity contribution is -0.0921. The molecule has 7 rings (SSSR count). The maximum Gasteiger partial charge on any atom is 0.165 e. The zero-order valence-corrected chi connectivity index (χ0v) is 20.4. The second-order valence-corrected chi connectivity index (χ2v) is 9.82. The minimum atomic E-state index is -0.122. The van der Waals surface area contributed by atoms with Crippen LogP contribution >= 0.6 is 11.6 Å². The van der Waals surface area contributed by atoms with Crippen molar-refractivity contribution in [2.45, 2.75) is 44.5 Å². The molecule has 3 aromatic heterocycles. The van der Waals surface area contributed by atoms with E-state index in [0.29, 0.717) is 45.9 Å². The molecule has 10 heteroatoms. The van der Waals surface area contributed by atoms with E-state index < -0.39 is 0 Å². The molecule has 2 aliphatic heterocycles. The van der Waals surface area contributed by atoms with Crippen molar-refractivity contribution < 1.29 is 9.47 Å². The molecule has 0 aliphatic carbocycles. The third-order valence-corrected chi connectivity index (χ3v) is 7.27. The van der Waals surface area contributed by atoms with Crippen molar-refractivity contribution in [2.24, 2.45) is 0 Å². The first-order valence-electron chi connectivity index (χ1n) is 12.1. The number of halogens is 1. The van der Waals surface area contributed by atoms with Crippen LogP contribution in [0.15, 0.2) is 48.9 Å². The Morgan fingerprint density at radius 2 is 2.03 bits per heavy atom. The number of morpholine rings is 1. The van der Waals surface area contributed by atoms with Gasteiger partial charge in [-0.05, 0) is 44.0 Å². The van der Waals surface area contributed by atoms with E-state index in [1.54, 1.807) is 12.4 Å². The fraction of sp³-hybridized carbons (Fsp3) is 0.308. The van der Waals surface area contributed by atoms with Crippen molar-refractivity contribution >= 4 is 33.7 Å². The summed E-state index contributed by atoms with van der Waals surface area (Å²) in [6.07, 6.45) is 8.85. The van der Waals surface area contributed by atoms with Crippen molar-refractivity contribution in [2.75, 3.05) is 6.61 Å². The first-order valence-corrected chi connectivity index (χ1v) is 12.5. The van der Waals surface area contributed by atoms with E-state index in [2.05, 4.69) is 25.4 Å². The number of piperidine rings is 1. The molecule has 2 aromatic carbocycles. The van der Waals surface area contributed by atoms with E-state index >= 15 is 0 Å². The highest BCUT2D eigenvalue weighted by Crippen LogP contribution is 2.36. The maximum absolute atomic E-state index is 6.76. The summed E-state index contributed by atoms with van der Waals surface area (Å²) < 4.78 is 14.1. The molecule has 2 aliphatic rings. The van der Waals surface area contributed by atoms with Crippen LogP contribution in [0.3, 0.4) is 0 Å². The van der Waals surface area contributed by atoms with Gasteiger partial charge in [0.25, 0.3) is 0 Å². The van der Waals surface area contributed by atoms with Crippen LogP contribution in [0.4, 0.5) is 0 Å². The lowest BCUT2D eigenvalue weighted by Crippen LogP contribution is -2.54. The summed E-state index contributed by atoms with van der Waals surface area (Å²) >= 11 is 6.76. The molecule has 0 spiro atoms. The molecule has 182 valence electrons. The average Bonchev–Trinajstić information content (AvgIpc) is 3.52. The Hall–Kier alpha value is -3.53. The summed E-state index contributed by atoms with van der Waals surface area (Å²) in [7, 11) is 0. The zero-order chi connectivity index (χ0) is 24.2.